The van der Waals surface area contributed by atoms with Crippen molar-refractivity contribution < 1.29 is 9.90 Å². The van der Waals surface area contributed by atoms with Crippen molar-refractivity contribution in [1.82, 2.24) is 0 Å². The first kappa shape index (κ1) is 10.9. The zero-order valence-electron chi connectivity index (χ0n) is 3.77. The molecule has 3 heteroatoms. The number of carboxylic acid groups (broad SMARTS) is 1. The van der Waals surface area contributed by atoms with Crippen LogP contribution in [0.3, 0.4) is 0 Å². The summed E-state index contributed by atoms with van der Waals surface area (Å²) in [7, 11) is 0. The molecule has 0 aliphatic heterocycles. The van der Waals surface area contributed by atoms with Gasteiger partial charge in [0.05, 0.1) is 0 Å². The van der Waals surface area contributed by atoms with Crippen LogP contribution >= 0.6 is 0 Å². The molecule has 7 heavy (non-hydrogen) atoms. The summed E-state index contributed by atoms with van der Waals surface area (Å²) in [4.78, 5) is 9.60. The van der Waals surface area contributed by atoms with Gasteiger partial charge < -0.3 is 5.11 Å². The van der Waals surface area contributed by atoms with Crippen LogP contribution in [0, 0.1) is 0 Å². The van der Waals surface area contributed by atoms with Crippen LogP contribution in [0.4, 0.5) is 0 Å². The van der Waals surface area contributed by atoms with Gasteiger partial charge in [-0.25, -0.2) is 0 Å². The van der Waals surface area contributed by atoms with E-state index < -0.39 is 5.97 Å². The van der Waals surface area contributed by atoms with Crippen molar-refractivity contribution in [3.8, 4) is 0 Å². The summed E-state index contributed by atoms with van der Waals surface area (Å²) in [5, 5.41) is 7.91. The molecule has 0 heterocycles. The van der Waals surface area contributed by atoms with E-state index in [4.69, 9.17) is 5.11 Å². The minimum absolute atomic E-state index is 0. The Morgan fingerprint density at radius 3 is 2.14 bits per heavy atom. The van der Waals surface area contributed by atoms with Crippen LogP contribution in [0.2, 0.25) is 0 Å². The number of hydrogen-bond donors (Lipinski definition) is 1. The molecular formula is C4H10BaO2. The van der Waals surface area contributed by atoms with Gasteiger partial charge in [-0.3, -0.25) is 4.79 Å². The summed E-state index contributed by atoms with van der Waals surface area (Å²) in [6.07, 6.45) is 1.02. The molecule has 0 radical (unpaired) electrons. The number of carbonyl (C=O) groups is 1. The Kier molecular flexibility index (Phi) is 11.0. The Bertz CT molecular complexity index is 53.7. The minimum atomic E-state index is -0.711. The van der Waals surface area contributed by atoms with E-state index >= 15 is 0 Å². The van der Waals surface area contributed by atoms with Crippen LogP contribution in [0.5, 0.6) is 0 Å². The van der Waals surface area contributed by atoms with Gasteiger partial charge in [-0.1, -0.05) is 6.92 Å². The first-order chi connectivity index (χ1) is 2.77. The number of rotatable bonds is 2. The standard InChI is InChI=1S/C4H8O2.Ba.2H/c1-2-3-4(5)6;;;/h2-3H2,1H3,(H,5,6);;;. The number of hydrogen-bond acceptors (Lipinski definition) is 1. The monoisotopic (exact) mass is 228 g/mol. The third-order valence-electron chi connectivity index (χ3n) is 0.464. The molecule has 0 aromatic rings. The summed E-state index contributed by atoms with van der Waals surface area (Å²) in [5.41, 5.74) is 0. The summed E-state index contributed by atoms with van der Waals surface area (Å²) in [5.74, 6) is -0.711. The van der Waals surface area contributed by atoms with Crippen LogP contribution < -0.4 is 0 Å². The molecule has 0 saturated heterocycles. The average molecular weight is 227 g/mol. The molecule has 0 aliphatic carbocycles. The van der Waals surface area contributed by atoms with E-state index in [1.807, 2.05) is 6.92 Å². The van der Waals surface area contributed by atoms with Crippen molar-refractivity contribution in [2.24, 2.45) is 0 Å². The molecule has 0 spiro atoms. The molecule has 0 bridgehead atoms. The third kappa shape index (κ3) is 11.0. The molecule has 0 fully saturated rings. The molecule has 1 N–H and O–H groups in total. The molecule has 2 nitrogen and oxygen atoms in total. The summed E-state index contributed by atoms with van der Waals surface area (Å²) in [6.45, 7) is 1.84. The summed E-state index contributed by atoms with van der Waals surface area (Å²) < 4.78 is 0. The van der Waals surface area contributed by atoms with Gasteiger partial charge in [0, 0.05) is 6.42 Å². The molecule has 0 saturated carbocycles. The second-order valence-electron chi connectivity index (χ2n) is 1.14. The van der Waals surface area contributed by atoms with E-state index in [0.29, 0.717) is 6.42 Å². The number of aliphatic carboxylic acids is 1. The van der Waals surface area contributed by atoms with E-state index in [0.717, 1.165) is 6.42 Å². The normalized spacial score (nSPS) is 7.00. The molecule has 0 unspecified atom stereocenters. The first-order valence-electron chi connectivity index (χ1n) is 1.99. The van der Waals surface area contributed by atoms with Crippen molar-refractivity contribution in [2.45, 2.75) is 19.8 Å². The second-order valence-corrected chi connectivity index (χ2v) is 1.14. The van der Waals surface area contributed by atoms with E-state index in [-0.39, 0.29) is 48.9 Å². The van der Waals surface area contributed by atoms with Crippen molar-refractivity contribution in [3.05, 3.63) is 0 Å². The summed E-state index contributed by atoms with van der Waals surface area (Å²) >= 11 is 0. The van der Waals surface area contributed by atoms with Gasteiger partial charge in [0.15, 0.2) is 0 Å². The quantitative estimate of drug-likeness (QED) is 0.672. The Hall–Kier alpha value is 1.04. The molecule has 0 amide bonds. The maximum absolute atomic E-state index is 9.60. The van der Waals surface area contributed by atoms with Crippen molar-refractivity contribution in [3.63, 3.8) is 0 Å². The predicted octanol–water partition coefficient (Wildman–Crippen LogP) is -0.0451. The topological polar surface area (TPSA) is 37.3 Å². The second kappa shape index (κ2) is 7.04. The summed E-state index contributed by atoms with van der Waals surface area (Å²) in [6, 6.07) is 0. The fourth-order valence-electron chi connectivity index (χ4n) is 0.214. The van der Waals surface area contributed by atoms with Crippen molar-refractivity contribution in [1.29, 1.82) is 0 Å². The van der Waals surface area contributed by atoms with E-state index in [2.05, 4.69) is 0 Å². The molecule has 0 aliphatic rings. The van der Waals surface area contributed by atoms with Crippen LogP contribution in [-0.2, 0) is 4.79 Å². The molecule has 0 rings (SSSR count). The molecule has 0 aromatic heterocycles. The fourth-order valence-corrected chi connectivity index (χ4v) is 0.214. The van der Waals surface area contributed by atoms with Crippen LogP contribution in [0.1, 0.15) is 19.8 Å². The van der Waals surface area contributed by atoms with Gasteiger partial charge >= 0.3 is 54.9 Å². The van der Waals surface area contributed by atoms with E-state index in [9.17, 15) is 4.79 Å². The van der Waals surface area contributed by atoms with Gasteiger partial charge in [0.1, 0.15) is 0 Å². The molecule has 0 aromatic carbocycles. The predicted molar refractivity (Wildman–Crippen MR) is 31.1 cm³/mol. The van der Waals surface area contributed by atoms with Crippen molar-refractivity contribution >= 4 is 54.9 Å². The third-order valence-corrected chi connectivity index (χ3v) is 0.464. The van der Waals surface area contributed by atoms with E-state index in [1.165, 1.54) is 0 Å². The van der Waals surface area contributed by atoms with Gasteiger partial charge in [0.2, 0.25) is 0 Å². The molecule has 40 valence electrons. The van der Waals surface area contributed by atoms with Crippen LogP contribution in [0.15, 0.2) is 0 Å². The van der Waals surface area contributed by atoms with Gasteiger partial charge in [-0.15, -0.1) is 0 Å². The fraction of sp³-hybridized carbons (Fsp3) is 0.750. The Labute approximate surface area is 83.4 Å². The maximum atomic E-state index is 9.60. The van der Waals surface area contributed by atoms with Crippen molar-refractivity contribution in [2.75, 3.05) is 0 Å². The van der Waals surface area contributed by atoms with E-state index in [1.54, 1.807) is 0 Å². The van der Waals surface area contributed by atoms with Gasteiger partial charge in [-0.05, 0) is 6.42 Å². The first-order valence-corrected chi connectivity index (χ1v) is 1.99. The Morgan fingerprint density at radius 1 is 1.71 bits per heavy atom. The zero-order valence-corrected chi connectivity index (χ0v) is 3.77. The van der Waals surface area contributed by atoms with Gasteiger partial charge in [-0.2, -0.15) is 0 Å². The SMILES string of the molecule is CCCC(=O)O.[BaH2]. The van der Waals surface area contributed by atoms with Crippen LogP contribution in [-0.4, -0.2) is 60.0 Å². The Balaban J connectivity index is 0. The average Bonchev–Trinajstić information content (AvgIpc) is 1.35. The van der Waals surface area contributed by atoms with Crippen LogP contribution in [0.25, 0.3) is 0 Å². The van der Waals surface area contributed by atoms with Gasteiger partial charge in [0.25, 0.3) is 0 Å². The zero-order chi connectivity index (χ0) is 4.99. The number of carboxylic acids is 1. The molecular weight excluding hydrogens is 217 g/mol. The molecule has 0 atom stereocenters. The Morgan fingerprint density at radius 2 is 2.14 bits per heavy atom.